The molecule has 3 rings (SSSR count). The van der Waals surface area contributed by atoms with Crippen molar-refractivity contribution in [3.05, 3.63) is 53.6 Å². The zero-order chi connectivity index (χ0) is 16.4. The van der Waals surface area contributed by atoms with Gasteiger partial charge in [-0.2, -0.15) is 0 Å². The second kappa shape index (κ2) is 6.71. The highest BCUT2D eigenvalue weighted by molar-refractivity contribution is 14.1. The van der Waals surface area contributed by atoms with Crippen LogP contribution in [0.1, 0.15) is 55.1 Å². The van der Waals surface area contributed by atoms with Crippen molar-refractivity contribution in [1.82, 2.24) is 0 Å². The molecule has 0 saturated carbocycles. The molecule has 0 aliphatic rings. The topological polar surface area (TPSA) is 22.4 Å². The Hall–Kier alpha value is -1.23. The smallest absolute Gasteiger partial charge is 0.137 e. The molecule has 3 heteroatoms. The lowest BCUT2D eigenvalue weighted by Crippen LogP contribution is -2.31. The summed E-state index contributed by atoms with van der Waals surface area (Å²) >= 11 is 2.49. The summed E-state index contributed by atoms with van der Waals surface area (Å²) in [6.45, 7) is 6.57. The van der Waals surface area contributed by atoms with Gasteiger partial charge in [0.05, 0.1) is 0 Å². The van der Waals surface area contributed by atoms with Crippen LogP contribution < -0.4 is 4.74 Å². The molecule has 2 nitrogen and oxygen atoms in total. The molecule has 1 unspecified atom stereocenters. The summed E-state index contributed by atoms with van der Waals surface area (Å²) in [6.07, 6.45) is 2.96. The van der Waals surface area contributed by atoms with E-state index in [2.05, 4.69) is 73.7 Å². The Labute approximate surface area is 151 Å². The van der Waals surface area contributed by atoms with Crippen molar-refractivity contribution in [3.8, 4) is 5.75 Å². The lowest BCUT2D eigenvalue weighted by molar-refractivity contribution is 0.0585. The average molecular weight is 422 g/mol. The van der Waals surface area contributed by atoms with E-state index in [4.69, 9.17) is 9.15 Å². The molecule has 0 saturated heterocycles. The Morgan fingerprint density at radius 3 is 2.22 bits per heavy atom. The molecule has 122 valence electrons. The van der Waals surface area contributed by atoms with Crippen molar-refractivity contribution in [1.29, 1.82) is 0 Å². The van der Waals surface area contributed by atoms with E-state index in [0.29, 0.717) is 3.92 Å². The van der Waals surface area contributed by atoms with Crippen molar-refractivity contribution in [2.45, 2.75) is 49.6 Å². The summed E-state index contributed by atoms with van der Waals surface area (Å²) in [5.41, 5.74) is 4.08. The minimum absolute atomic E-state index is 0.322. The third-order valence-corrected chi connectivity index (χ3v) is 6.33. The van der Waals surface area contributed by atoms with Crippen molar-refractivity contribution in [2.75, 3.05) is 0 Å². The standard InChI is InChI=1S/C20H23IO2/c1-4-18(21)14-7-9-15(10-8-14)23-20(5-2,6-3)17-13-16-11-12-19(17)22-16/h7-13,18H,4-6H2,1-3H3. The third kappa shape index (κ3) is 3.08. The summed E-state index contributed by atoms with van der Waals surface area (Å²) in [6, 6.07) is 14.7. The Morgan fingerprint density at radius 2 is 1.74 bits per heavy atom. The zero-order valence-corrected chi connectivity index (χ0v) is 16.1. The first-order chi connectivity index (χ1) is 11.1. The SMILES string of the molecule is CCC(I)c1ccc(OC(CC)(CC)c2cc3ccc2o3)cc1. The zero-order valence-electron chi connectivity index (χ0n) is 13.9. The van der Waals surface area contributed by atoms with Crippen LogP contribution in [0.5, 0.6) is 5.75 Å². The maximum absolute atomic E-state index is 6.49. The van der Waals surface area contributed by atoms with Gasteiger partial charge in [0.2, 0.25) is 0 Å². The summed E-state index contributed by atoms with van der Waals surface area (Å²) in [5.74, 6) is 0.926. The van der Waals surface area contributed by atoms with Crippen LogP contribution >= 0.6 is 22.6 Å². The number of ether oxygens (including phenoxy) is 1. The van der Waals surface area contributed by atoms with E-state index in [0.717, 1.165) is 36.2 Å². The summed E-state index contributed by atoms with van der Waals surface area (Å²) < 4.78 is 12.8. The first-order valence-electron chi connectivity index (χ1n) is 8.37. The molecule has 0 spiro atoms. The molecule has 3 aromatic rings. The number of furan rings is 2. The van der Waals surface area contributed by atoms with Crippen LogP contribution in [0, 0.1) is 0 Å². The number of rotatable bonds is 7. The van der Waals surface area contributed by atoms with Gasteiger partial charge in [-0.25, -0.2) is 0 Å². The van der Waals surface area contributed by atoms with Crippen molar-refractivity contribution >= 4 is 33.8 Å². The highest BCUT2D eigenvalue weighted by Crippen LogP contribution is 2.40. The quantitative estimate of drug-likeness (QED) is 0.307. The summed E-state index contributed by atoms with van der Waals surface area (Å²) in [5, 5.41) is 0. The van der Waals surface area contributed by atoms with Gasteiger partial charge in [-0.15, -0.1) is 0 Å². The minimum atomic E-state index is -0.322. The van der Waals surface area contributed by atoms with E-state index in [1.807, 2.05) is 12.1 Å². The number of alkyl halides is 1. The Bertz CT molecular complexity index is 740. The molecule has 2 heterocycles. The van der Waals surface area contributed by atoms with Crippen LogP contribution in [0.4, 0.5) is 0 Å². The van der Waals surface area contributed by atoms with Crippen molar-refractivity contribution in [2.24, 2.45) is 0 Å². The molecule has 0 radical (unpaired) electrons. The molecule has 2 aromatic heterocycles. The second-order valence-corrected chi connectivity index (χ2v) is 7.51. The largest absolute Gasteiger partial charge is 0.482 e. The van der Waals surface area contributed by atoms with Crippen LogP contribution in [0.25, 0.3) is 11.2 Å². The number of halogens is 1. The second-order valence-electron chi connectivity index (χ2n) is 6.01. The van der Waals surface area contributed by atoms with Gasteiger partial charge in [-0.05, 0) is 55.2 Å². The summed E-state index contributed by atoms with van der Waals surface area (Å²) in [7, 11) is 0. The van der Waals surface area contributed by atoms with Gasteiger partial charge < -0.3 is 9.15 Å². The van der Waals surface area contributed by atoms with E-state index < -0.39 is 0 Å². The van der Waals surface area contributed by atoms with Gasteiger partial charge in [-0.1, -0.05) is 55.5 Å². The van der Waals surface area contributed by atoms with E-state index >= 15 is 0 Å². The monoisotopic (exact) mass is 422 g/mol. The predicted molar refractivity (Wildman–Crippen MR) is 104 cm³/mol. The summed E-state index contributed by atoms with van der Waals surface area (Å²) in [4.78, 5) is 0. The number of benzene rings is 2. The maximum Gasteiger partial charge on any atom is 0.137 e. The molecule has 0 aliphatic heterocycles. The Kier molecular flexibility index (Phi) is 4.85. The Morgan fingerprint density at radius 1 is 1.04 bits per heavy atom. The van der Waals surface area contributed by atoms with Crippen molar-refractivity contribution in [3.63, 3.8) is 0 Å². The molecule has 0 N–H and O–H groups in total. The molecule has 2 bridgehead atoms. The van der Waals surface area contributed by atoms with E-state index in [-0.39, 0.29) is 5.60 Å². The molecule has 1 aromatic carbocycles. The van der Waals surface area contributed by atoms with Gasteiger partial charge in [0.1, 0.15) is 22.5 Å². The van der Waals surface area contributed by atoms with E-state index in [9.17, 15) is 0 Å². The average Bonchev–Trinajstić information content (AvgIpc) is 3.23. The highest BCUT2D eigenvalue weighted by atomic mass is 127. The highest BCUT2D eigenvalue weighted by Gasteiger charge is 2.34. The molecular weight excluding hydrogens is 399 g/mol. The van der Waals surface area contributed by atoms with Crippen LogP contribution in [-0.2, 0) is 5.60 Å². The maximum atomic E-state index is 6.49. The predicted octanol–water partition coefficient (Wildman–Crippen LogP) is 6.85. The fourth-order valence-corrected chi connectivity index (χ4v) is 3.60. The molecule has 0 aliphatic carbocycles. The van der Waals surface area contributed by atoms with Crippen LogP contribution in [0.3, 0.4) is 0 Å². The lowest BCUT2D eigenvalue weighted by Gasteiger charge is -2.32. The molecule has 0 amide bonds. The van der Waals surface area contributed by atoms with E-state index in [1.54, 1.807) is 0 Å². The fraction of sp³-hybridized carbons (Fsp3) is 0.400. The van der Waals surface area contributed by atoms with Gasteiger partial charge in [0, 0.05) is 9.49 Å². The molecular formula is C20H23IO2. The molecule has 23 heavy (non-hydrogen) atoms. The van der Waals surface area contributed by atoms with Crippen LogP contribution in [-0.4, -0.2) is 0 Å². The van der Waals surface area contributed by atoms with Gasteiger partial charge in [-0.3, -0.25) is 0 Å². The van der Waals surface area contributed by atoms with Gasteiger partial charge >= 0.3 is 0 Å². The molecule has 1 atom stereocenters. The minimum Gasteiger partial charge on any atom is -0.482 e. The number of fused-ring (bicyclic) bond motifs is 2. The lowest BCUT2D eigenvalue weighted by atomic mass is 9.88. The first-order valence-corrected chi connectivity index (χ1v) is 9.62. The number of hydrogen-bond acceptors (Lipinski definition) is 2. The van der Waals surface area contributed by atoms with E-state index in [1.165, 1.54) is 11.1 Å². The number of hydrogen-bond donors (Lipinski definition) is 0. The van der Waals surface area contributed by atoms with Gasteiger partial charge in [0.15, 0.2) is 0 Å². The van der Waals surface area contributed by atoms with Crippen LogP contribution in [0.2, 0.25) is 0 Å². The van der Waals surface area contributed by atoms with Gasteiger partial charge in [0.25, 0.3) is 0 Å². The fourth-order valence-electron chi connectivity index (χ4n) is 3.18. The molecule has 0 fully saturated rings. The Balaban J connectivity index is 1.89. The first kappa shape index (κ1) is 16.6. The third-order valence-electron chi connectivity index (χ3n) is 4.73. The normalized spacial score (nSPS) is 13.6. The van der Waals surface area contributed by atoms with Crippen LogP contribution in [0.15, 0.2) is 46.9 Å². The van der Waals surface area contributed by atoms with Crippen molar-refractivity contribution < 1.29 is 9.15 Å².